The number of anilines is 1. The van der Waals surface area contributed by atoms with Crippen molar-refractivity contribution in [3.05, 3.63) is 29.8 Å². The van der Waals surface area contributed by atoms with Gasteiger partial charge in [0.2, 0.25) is 0 Å². The number of rotatable bonds is 2. The van der Waals surface area contributed by atoms with Crippen molar-refractivity contribution in [2.75, 3.05) is 18.8 Å². The summed E-state index contributed by atoms with van der Waals surface area (Å²) in [7, 11) is 0. The molecule has 1 fully saturated rings. The third-order valence-electron chi connectivity index (χ3n) is 2.90. The monoisotopic (exact) mass is 206 g/mol. The lowest BCUT2D eigenvalue weighted by atomic mass is 9.89. The lowest BCUT2D eigenvalue weighted by molar-refractivity contribution is -0.141. The second-order valence-corrected chi connectivity index (χ2v) is 3.88. The highest BCUT2D eigenvalue weighted by atomic mass is 16.4. The number of hydrogen-bond acceptors (Lipinski definition) is 3. The van der Waals surface area contributed by atoms with E-state index in [1.54, 1.807) is 0 Å². The molecular weight excluding hydrogens is 192 g/mol. The highest BCUT2D eigenvalue weighted by Crippen LogP contribution is 2.28. The van der Waals surface area contributed by atoms with Crippen LogP contribution in [0.4, 0.5) is 5.69 Å². The van der Waals surface area contributed by atoms with Crippen LogP contribution in [-0.2, 0) is 4.79 Å². The molecule has 80 valence electrons. The first-order chi connectivity index (χ1) is 7.18. The van der Waals surface area contributed by atoms with Crippen LogP contribution in [0.15, 0.2) is 24.3 Å². The zero-order valence-corrected chi connectivity index (χ0v) is 8.31. The Hall–Kier alpha value is -1.55. The van der Waals surface area contributed by atoms with Gasteiger partial charge in [0.15, 0.2) is 0 Å². The molecule has 2 atom stereocenters. The Morgan fingerprint density at radius 1 is 1.33 bits per heavy atom. The molecule has 4 heteroatoms. The maximum atomic E-state index is 11.0. The summed E-state index contributed by atoms with van der Waals surface area (Å²) in [4.78, 5) is 11.0. The van der Waals surface area contributed by atoms with Crippen molar-refractivity contribution in [1.82, 2.24) is 5.32 Å². The number of carboxylic acid groups (broad SMARTS) is 1. The zero-order valence-electron chi connectivity index (χ0n) is 8.31. The first-order valence-electron chi connectivity index (χ1n) is 4.97. The summed E-state index contributed by atoms with van der Waals surface area (Å²) in [6, 6.07) is 7.44. The molecule has 4 nitrogen and oxygen atoms in total. The van der Waals surface area contributed by atoms with Gasteiger partial charge in [-0.1, -0.05) is 12.1 Å². The lowest BCUT2D eigenvalue weighted by Gasteiger charge is -2.14. The van der Waals surface area contributed by atoms with E-state index in [1.165, 1.54) is 0 Å². The van der Waals surface area contributed by atoms with Gasteiger partial charge < -0.3 is 16.2 Å². The number of carbonyl (C=O) groups is 1. The van der Waals surface area contributed by atoms with E-state index < -0.39 is 5.97 Å². The van der Waals surface area contributed by atoms with E-state index >= 15 is 0 Å². The molecule has 0 bridgehead atoms. The topological polar surface area (TPSA) is 75.3 Å². The molecule has 1 aromatic carbocycles. The van der Waals surface area contributed by atoms with E-state index in [0.29, 0.717) is 12.2 Å². The van der Waals surface area contributed by atoms with Crippen molar-refractivity contribution in [3.8, 4) is 0 Å². The normalized spacial score (nSPS) is 25.3. The zero-order chi connectivity index (χ0) is 10.8. The molecule has 0 aliphatic carbocycles. The predicted octanol–water partition coefficient (Wildman–Crippen LogP) is 0.656. The Morgan fingerprint density at radius 3 is 2.60 bits per heavy atom. The fourth-order valence-corrected chi connectivity index (χ4v) is 2.03. The van der Waals surface area contributed by atoms with Gasteiger partial charge >= 0.3 is 5.97 Å². The van der Waals surface area contributed by atoms with Crippen LogP contribution in [0.3, 0.4) is 0 Å². The minimum absolute atomic E-state index is 0.0584. The van der Waals surface area contributed by atoms with Crippen LogP contribution >= 0.6 is 0 Å². The van der Waals surface area contributed by atoms with Crippen molar-refractivity contribution in [2.24, 2.45) is 5.92 Å². The largest absolute Gasteiger partial charge is 0.481 e. The Balaban J connectivity index is 2.22. The van der Waals surface area contributed by atoms with Crippen LogP contribution in [0.2, 0.25) is 0 Å². The standard InChI is InChI=1S/C11H14N2O2/c12-8-3-1-7(2-4-8)9-5-13-6-10(9)11(14)15/h1-4,9-10,13H,5-6,12H2,(H,14,15). The van der Waals surface area contributed by atoms with Gasteiger partial charge in [0.1, 0.15) is 0 Å². The van der Waals surface area contributed by atoms with Gasteiger partial charge in [-0.2, -0.15) is 0 Å². The van der Waals surface area contributed by atoms with Crippen molar-refractivity contribution in [1.29, 1.82) is 0 Å². The van der Waals surface area contributed by atoms with E-state index in [4.69, 9.17) is 10.8 Å². The van der Waals surface area contributed by atoms with Crippen LogP contribution in [0.25, 0.3) is 0 Å². The minimum atomic E-state index is -0.734. The predicted molar refractivity (Wildman–Crippen MR) is 57.6 cm³/mol. The average Bonchev–Trinajstić information content (AvgIpc) is 2.67. The number of aliphatic carboxylic acids is 1. The van der Waals surface area contributed by atoms with Crippen molar-refractivity contribution in [3.63, 3.8) is 0 Å². The summed E-state index contributed by atoms with van der Waals surface area (Å²) in [5, 5.41) is 12.1. The fourth-order valence-electron chi connectivity index (χ4n) is 2.03. The summed E-state index contributed by atoms with van der Waals surface area (Å²) in [6.07, 6.45) is 0. The van der Waals surface area contributed by atoms with Gasteiger partial charge in [-0.05, 0) is 17.7 Å². The van der Waals surface area contributed by atoms with Crippen LogP contribution in [0, 0.1) is 5.92 Å². The van der Waals surface area contributed by atoms with Gasteiger partial charge in [-0.25, -0.2) is 0 Å². The molecule has 0 saturated carbocycles. The molecule has 1 aromatic rings. The molecule has 1 aliphatic rings. The van der Waals surface area contributed by atoms with Crippen molar-refractivity contribution >= 4 is 11.7 Å². The van der Waals surface area contributed by atoms with Crippen LogP contribution < -0.4 is 11.1 Å². The minimum Gasteiger partial charge on any atom is -0.481 e. The van der Waals surface area contributed by atoms with E-state index in [9.17, 15) is 4.79 Å². The Bertz CT molecular complexity index is 361. The van der Waals surface area contributed by atoms with Gasteiger partial charge in [0, 0.05) is 24.7 Å². The maximum Gasteiger partial charge on any atom is 0.308 e. The van der Waals surface area contributed by atoms with E-state index in [0.717, 1.165) is 12.1 Å². The number of benzene rings is 1. The number of nitrogens with one attached hydrogen (secondary N) is 1. The third-order valence-corrected chi connectivity index (χ3v) is 2.90. The van der Waals surface area contributed by atoms with Crippen molar-refractivity contribution < 1.29 is 9.90 Å². The highest BCUT2D eigenvalue weighted by Gasteiger charge is 2.33. The molecule has 2 unspecified atom stereocenters. The molecule has 15 heavy (non-hydrogen) atoms. The molecular formula is C11H14N2O2. The van der Waals surface area contributed by atoms with E-state index in [1.807, 2.05) is 24.3 Å². The first kappa shape index (κ1) is 9.98. The van der Waals surface area contributed by atoms with Crippen LogP contribution in [0.1, 0.15) is 11.5 Å². The Morgan fingerprint density at radius 2 is 2.00 bits per heavy atom. The molecule has 4 N–H and O–H groups in total. The summed E-state index contributed by atoms with van der Waals surface area (Å²) in [6.45, 7) is 1.27. The molecule has 0 radical (unpaired) electrons. The summed E-state index contributed by atoms with van der Waals surface area (Å²) in [5.41, 5.74) is 7.34. The van der Waals surface area contributed by atoms with Gasteiger partial charge in [0.25, 0.3) is 0 Å². The summed E-state index contributed by atoms with van der Waals surface area (Å²) < 4.78 is 0. The number of nitrogen functional groups attached to an aromatic ring is 1. The second-order valence-electron chi connectivity index (χ2n) is 3.88. The second kappa shape index (κ2) is 3.90. The number of carboxylic acids is 1. The summed E-state index contributed by atoms with van der Waals surface area (Å²) >= 11 is 0. The average molecular weight is 206 g/mol. The Labute approximate surface area is 88.1 Å². The number of nitrogens with two attached hydrogens (primary N) is 1. The van der Waals surface area contributed by atoms with Crippen LogP contribution in [-0.4, -0.2) is 24.2 Å². The van der Waals surface area contributed by atoms with Gasteiger partial charge in [-0.15, -0.1) is 0 Å². The Kier molecular flexibility index (Phi) is 2.60. The number of hydrogen-bond donors (Lipinski definition) is 3. The van der Waals surface area contributed by atoms with Crippen molar-refractivity contribution in [2.45, 2.75) is 5.92 Å². The maximum absolute atomic E-state index is 11.0. The smallest absolute Gasteiger partial charge is 0.308 e. The van der Waals surface area contributed by atoms with E-state index in [-0.39, 0.29) is 11.8 Å². The quantitative estimate of drug-likeness (QED) is 0.621. The SMILES string of the molecule is Nc1ccc(C2CNCC2C(=O)O)cc1. The summed E-state index contributed by atoms with van der Waals surface area (Å²) in [5.74, 6) is -1.00. The lowest BCUT2D eigenvalue weighted by Crippen LogP contribution is -2.20. The molecule has 0 aromatic heterocycles. The third kappa shape index (κ3) is 1.94. The molecule has 0 amide bonds. The van der Waals surface area contributed by atoms with Crippen LogP contribution in [0.5, 0.6) is 0 Å². The molecule has 1 heterocycles. The van der Waals surface area contributed by atoms with Gasteiger partial charge in [-0.3, -0.25) is 4.79 Å². The molecule has 2 rings (SSSR count). The first-order valence-corrected chi connectivity index (χ1v) is 4.97. The molecule has 1 aliphatic heterocycles. The van der Waals surface area contributed by atoms with E-state index in [2.05, 4.69) is 5.32 Å². The fraction of sp³-hybridized carbons (Fsp3) is 0.364. The molecule has 1 saturated heterocycles. The highest BCUT2D eigenvalue weighted by molar-refractivity contribution is 5.72. The molecule has 0 spiro atoms. The van der Waals surface area contributed by atoms with Gasteiger partial charge in [0.05, 0.1) is 5.92 Å².